The van der Waals surface area contributed by atoms with Crippen LogP contribution >= 0.6 is 23.4 Å². The highest BCUT2D eigenvalue weighted by Gasteiger charge is 2.16. The molecule has 2 aromatic carbocycles. The molecule has 3 aromatic rings. The fourth-order valence-electron chi connectivity index (χ4n) is 3.24. The van der Waals surface area contributed by atoms with Gasteiger partial charge in [0.2, 0.25) is 12.7 Å². The van der Waals surface area contributed by atoms with Gasteiger partial charge in [0.25, 0.3) is 5.56 Å². The number of carbonyl (C=O) groups excluding carboxylic acids is 1. The molecular formula is C22H22ClN3O4S. The SMILES string of the molecule is CC(C)Cn1c(SCC(=O)NCc2ccc3c(c2)OCO3)nc2cc(Cl)ccc2c1=O. The van der Waals surface area contributed by atoms with E-state index >= 15 is 0 Å². The van der Waals surface area contributed by atoms with Crippen molar-refractivity contribution in [3.63, 3.8) is 0 Å². The van der Waals surface area contributed by atoms with E-state index in [0.29, 0.717) is 45.7 Å². The lowest BCUT2D eigenvalue weighted by Gasteiger charge is -2.15. The maximum absolute atomic E-state index is 13.0. The molecule has 0 atom stereocenters. The normalized spacial score (nSPS) is 12.5. The van der Waals surface area contributed by atoms with Gasteiger partial charge < -0.3 is 14.8 Å². The van der Waals surface area contributed by atoms with Crippen LogP contribution in [0.5, 0.6) is 11.5 Å². The molecule has 9 heteroatoms. The molecule has 31 heavy (non-hydrogen) atoms. The van der Waals surface area contributed by atoms with Crippen molar-refractivity contribution in [2.75, 3.05) is 12.5 Å². The number of nitrogens with one attached hydrogen (secondary N) is 1. The summed E-state index contributed by atoms with van der Waals surface area (Å²) in [5.74, 6) is 1.62. The number of thioether (sulfide) groups is 1. The van der Waals surface area contributed by atoms with Crippen LogP contribution < -0.4 is 20.3 Å². The predicted molar refractivity (Wildman–Crippen MR) is 121 cm³/mol. The van der Waals surface area contributed by atoms with Crippen LogP contribution in [0.1, 0.15) is 19.4 Å². The van der Waals surface area contributed by atoms with E-state index < -0.39 is 0 Å². The average Bonchev–Trinajstić information content (AvgIpc) is 3.20. The quantitative estimate of drug-likeness (QED) is 0.427. The van der Waals surface area contributed by atoms with Gasteiger partial charge in [-0.05, 0) is 41.8 Å². The number of rotatable bonds is 7. The maximum Gasteiger partial charge on any atom is 0.262 e. The third-order valence-corrected chi connectivity index (χ3v) is 5.90. The first-order valence-corrected chi connectivity index (χ1v) is 11.2. The molecule has 2 heterocycles. The summed E-state index contributed by atoms with van der Waals surface area (Å²) in [6.45, 7) is 5.17. The second-order valence-corrected chi connectivity index (χ2v) is 9.00. The number of aromatic nitrogens is 2. The molecular weight excluding hydrogens is 438 g/mol. The number of halogens is 1. The molecule has 0 radical (unpaired) electrons. The third kappa shape index (κ3) is 4.97. The fraction of sp³-hybridized carbons (Fsp3) is 0.318. The highest BCUT2D eigenvalue weighted by Crippen LogP contribution is 2.32. The molecule has 0 unspecified atom stereocenters. The van der Waals surface area contributed by atoms with Crippen LogP contribution in [0.25, 0.3) is 10.9 Å². The first-order valence-electron chi connectivity index (χ1n) is 9.89. The molecule has 1 aromatic heterocycles. The minimum absolute atomic E-state index is 0.126. The van der Waals surface area contributed by atoms with Gasteiger partial charge in [-0.3, -0.25) is 14.2 Å². The highest BCUT2D eigenvalue weighted by molar-refractivity contribution is 7.99. The van der Waals surface area contributed by atoms with Crippen LogP contribution in [0, 0.1) is 5.92 Å². The van der Waals surface area contributed by atoms with Gasteiger partial charge >= 0.3 is 0 Å². The molecule has 0 saturated carbocycles. The molecule has 162 valence electrons. The van der Waals surface area contributed by atoms with E-state index in [2.05, 4.69) is 10.3 Å². The van der Waals surface area contributed by atoms with Crippen LogP contribution in [0.2, 0.25) is 5.02 Å². The van der Waals surface area contributed by atoms with Crippen molar-refractivity contribution in [3.8, 4) is 11.5 Å². The number of hydrogen-bond donors (Lipinski definition) is 1. The van der Waals surface area contributed by atoms with E-state index in [-0.39, 0.29) is 29.9 Å². The zero-order valence-corrected chi connectivity index (χ0v) is 18.8. The zero-order chi connectivity index (χ0) is 22.0. The van der Waals surface area contributed by atoms with Crippen molar-refractivity contribution in [3.05, 3.63) is 57.3 Å². The minimum atomic E-state index is -0.154. The fourth-order valence-corrected chi connectivity index (χ4v) is 4.25. The van der Waals surface area contributed by atoms with Crippen molar-refractivity contribution in [1.29, 1.82) is 0 Å². The predicted octanol–water partition coefficient (Wildman–Crippen LogP) is 3.84. The van der Waals surface area contributed by atoms with Gasteiger partial charge in [0.05, 0.1) is 16.7 Å². The smallest absolute Gasteiger partial charge is 0.262 e. The number of hydrogen-bond acceptors (Lipinski definition) is 6. The Morgan fingerprint density at radius 2 is 2.03 bits per heavy atom. The number of amides is 1. The first-order chi connectivity index (χ1) is 14.9. The summed E-state index contributed by atoms with van der Waals surface area (Å²) >= 11 is 7.31. The van der Waals surface area contributed by atoms with Crippen LogP contribution in [0.3, 0.4) is 0 Å². The Morgan fingerprint density at radius 3 is 2.84 bits per heavy atom. The van der Waals surface area contributed by atoms with Gasteiger partial charge in [0.1, 0.15) is 0 Å². The molecule has 1 aliphatic rings. The first kappa shape index (κ1) is 21.5. The average molecular weight is 460 g/mol. The topological polar surface area (TPSA) is 82.5 Å². The third-order valence-electron chi connectivity index (χ3n) is 4.69. The van der Waals surface area contributed by atoms with Gasteiger partial charge in [-0.2, -0.15) is 0 Å². The number of carbonyl (C=O) groups is 1. The number of benzene rings is 2. The summed E-state index contributed by atoms with van der Waals surface area (Å²) in [6.07, 6.45) is 0. The Labute approximate surface area is 188 Å². The summed E-state index contributed by atoms with van der Waals surface area (Å²) in [7, 11) is 0. The Kier molecular flexibility index (Phi) is 6.38. The summed E-state index contributed by atoms with van der Waals surface area (Å²) in [5, 5.41) is 4.42. The van der Waals surface area contributed by atoms with Gasteiger partial charge in [-0.25, -0.2) is 4.98 Å². The van der Waals surface area contributed by atoms with E-state index in [0.717, 1.165) is 5.56 Å². The second-order valence-electron chi connectivity index (χ2n) is 7.62. The zero-order valence-electron chi connectivity index (χ0n) is 17.2. The highest BCUT2D eigenvalue weighted by atomic mass is 35.5. The summed E-state index contributed by atoms with van der Waals surface area (Å²) in [4.78, 5) is 30.0. The molecule has 1 N–H and O–H groups in total. The molecule has 1 aliphatic heterocycles. The van der Waals surface area contributed by atoms with Crippen molar-refractivity contribution >= 4 is 40.2 Å². The van der Waals surface area contributed by atoms with Crippen molar-refractivity contribution in [2.45, 2.75) is 32.1 Å². The van der Waals surface area contributed by atoms with E-state index in [9.17, 15) is 9.59 Å². The van der Waals surface area contributed by atoms with Crippen LogP contribution in [-0.2, 0) is 17.9 Å². The largest absolute Gasteiger partial charge is 0.454 e. The van der Waals surface area contributed by atoms with Gasteiger partial charge in [-0.15, -0.1) is 0 Å². The minimum Gasteiger partial charge on any atom is -0.454 e. The molecule has 0 spiro atoms. The lowest BCUT2D eigenvalue weighted by Crippen LogP contribution is -2.27. The van der Waals surface area contributed by atoms with Gasteiger partial charge in [0.15, 0.2) is 16.7 Å². The Hall–Kier alpha value is -2.71. The van der Waals surface area contributed by atoms with Crippen molar-refractivity contribution in [2.24, 2.45) is 5.92 Å². The molecule has 1 amide bonds. The number of nitrogens with zero attached hydrogens (tertiary/aromatic N) is 2. The molecule has 0 fully saturated rings. The molecule has 0 aliphatic carbocycles. The Bertz CT molecular complexity index is 1200. The molecule has 0 bridgehead atoms. The van der Waals surface area contributed by atoms with E-state index in [1.54, 1.807) is 22.8 Å². The standard InChI is InChI=1S/C22H22ClN3O4S/c1-13(2)10-26-21(28)16-5-4-15(23)8-17(16)25-22(26)31-11-20(27)24-9-14-3-6-18-19(7-14)30-12-29-18/h3-8,13H,9-12H2,1-2H3,(H,24,27). The molecule has 7 nitrogen and oxygen atoms in total. The monoisotopic (exact) mass is 459 g/mol. The van der Waals surface area contributed by atoms with Gasteiger partial charge in [0, 0.05) is 18.1 Å². The molecule has 4 rings (SSSR count). The Balaban J connectivity index is 1.47. The second kappa shape index (κ2) is 9.20. The maximum atomic E-state index is 13.0. The summed E-state index contributed by atoms with van der Waals surface area (Å²) in [6, 6.07) is 10.6. The van der Waals surface area contributed by atoms with E-state index in [1.165, 1.54) is 11.8 Å². The summed E-state index contributed by atoms with van der Waals surface area (Å²) in [5.41, 5.74) is 1.32. The van der Waals surface area contributed by atoms with E-state index in [4.69, 9.17) is 21.1 Å². The number of ether oxygens (including phenoxy) is 2. The van der Waals surface area contributed by atoms with Crippen molar-refractivity contribution < 1.29 is 14.3 Å². The lowest BCUT2D eigenvalue weighted by atomic mass is 10.2. The van der Waals surface area contributed by atoms with Crippen LogP contribution in [0.4, 0.5) is 0 Å². The summed E-state index contributed by atoms with van der Waals surface area (Å²) < 4.78 is 12.3. The Morgan fingerprint density at radius 1 is 1.23 bits per heavy atom. The number of fused-ring (bicyclic) bond motifs is 2. The van der Waals surface area contributed by atoms with Gasteiger partial charge in [-0.1, -0.05) is 43.3 Å². The van der Waals surface area contributed by atoms with Crippen LogP contribution in [0.15, 0.2) is 46.3 Å². The van der Waals surface area contributed by atoms with Crippen molar-refractivity contribution in [1.82, 2.24) is 14.9 Å². The van der Waals surface area contributed by atoms with Crippen LogP contribution in [-0.4, -0.2) is 28.0 Å². The lowest BCUT2D eigenvalue weighted by molar-refractivity contribution is -0.118. The molecule has 0 saturated heterocycles. The van der Waals surface area contributed by atoms with E-state index in [1.807, 2.05) is 32.0 Å².